The molecule has 90 valence electrons. The lowest BCUT2D eigenvalue weighted by Gasteiger charge is -2.08. The summed E-state index contributed by atoms with van der Waals surface area (Å²) in [7, 11) is 0. The zero-order chi connectivity index (χ0) is 12.6. The second kappa shape index (κ2) is 4.30. The summed E-state index contributed by atoms with van der Waals surface area (Å²) < 4.78 is 1.90. The minimum Gasteiger partial charge on any atom is -0.326 e. The Hall–Kier alpha value is -1.68. The second-order valence-corrected chi connectivity index (χ2v) is 4.40. The average Bonchev–Trinajstić information content (AvgIpc) is 2.57. The lowest BCUT2D eigenvalue weighted by atomic mass is 10.2. The number of hydrogen-bond donors (Lipinski definition) is 1. The van der Waals surface area contributed by atoms with Crippen LogP contribution in [0.2, 0.25) is 0 Å². The van der Waals surface area contributed by atoms with Crippen molar-refractivity contribution in [1.82, 2.24) is 14.8 Å². The van der Waals surface area contributed by atoms with Gasteiger partial charge in [-0.1, -0.05) is 0 Å². The molecule has 0 aromatic carbocycles. The molecule has 0 saturated heterocycles. The van der Waals surface area contributed by atoms with Crippen LogP contribution >= 0.6 is 0 Å². The number of aromatic nitrogens is 3. The average molecular weight is 230 g/mol. The molecule has 0 radical (unpaired) electrons. The summed E-state index contributed by atoms with van der Waals surface area (Å²) in [5.41, 5.74) is 11.1. The SMILES string of the molecule is Cc1cc(CN)cnc1-n1nc(C)c(C)c1C. The molecule has 17 heavy (non-hydrogen) atoms. The molecule has 0 spiro atoms. The third-order valence-corrected chi connectivity index (χ3v) is 3.20. The maximum atomic E-state index is 5.60. The number of pyridine rings is 1. The highest BCUT2D eigenvalue weighted by Crippen LogP contribution is 2.18. The van der Waals surface area contributed by atoms with Gasteiger partial charge in [-0.25, -0.2) is 9.67 Å². The van der Waals surface area contributed by atoms with E-state index in [1.54, 1.807) is 0 Å². The van der Waals surface area contributed by atoms with E-state index in [0.29, 0.717) is 6.54 Å². The maximum absolute atomic E-state index is 5.60. The van der Waals surface area contributed by atoms with E-state index in [4.69, 9.17) is 5.73 Å². The summed E-state index contributed by atoms with van der Waals surface area (Å²) >= 11 is 0. The standard InChI is InChI=1S/C13H18N4/c1-8-5-12(6-14)7-15-13(8)17-11(4)9(2)10(3)16-17/h5,7H,6,14H2,1-4H3. The van der Waals surface area contributed by atoms with Gasteiger partial charge in [0, 0.05) is 18.4 Å². The monoisotopic (exact) mass is 230 g/mol. The largest absolute Gasteiger partial charge is 0.326 e. The summed E-state index contributed by atoms with van der Waals surface area (Å²) in [5, 5.41) is 4.52. The number of aryl methyl sites for hydroxylation is 2. The first kappa shape index (κ1) is 11.8. The molecule has 0 bridgehead atoms. The highest BCUT2D eigenvalue weighted by molar-refractivity contribution is 5.38. The highest BCUT2D eigenvalue weighted by atomic mass is 15.3. The van der Waals surface area contributed by atoms with Crippen LogP contribution in [-0.2, 0) is 6.54 Å². The maximum Gasteiger partial charge on any atom is 0.156 e. The van der Waals surface area contributed by atoms with Gasteiger partial charge in [0.25, 0.3) is 0 Å². The lowest BCUT2D eigenvalue weighted by Crippen LogP contribution is -2.06. The Labute approximate surface area is 101 Å². The fourth-order valence-corrected chi connectivity index (χ4v) is 1.89. The van der Waals surface area contributed by atoms with Crippen LogP contribution in [0, 0.1) is 27.7 Å². The van der Waals surface area contributed by atoms with Crippen molar-refractivity contribution in [2.24, 2.45) is 5.73 Å². The van der Waals surface area contributed by atoms with Crippen molar-refractivity contribution in [3.05, 3.63) is 40.3 Å². The zero-order valence-electron chi connectivity index (χ0n) is 10.8. The van der Waals surface area contributed by atoms with Gasteiger partial charge in [-0.15, -0.1) is 0 Å². The van der Waals surface area contributed by atoms with Crippen molar-refractivity contribution < 1.29 is 0 Å². The van der Waals surface area contributed by atoms with Gasteiger partial charge in [0.15, 0.2) is 5.82 Å². The van der Waals surface area contributed by atoms with E-state index in [1.807, 2.05) is 24.7 Å². The molecule has 0 unspecified atom stereocenters. The van der Waals surface area contributed by atoms with Gasteiger partial charge in [0.2, 0.25) is 0 Å². The summed E-state index contributed by atoms with van der Waals surface area (Å²) in [6.07, 6.45) is 1.81. The minimum atomic E-state index is 0.518. The molecule has 4 heteroatoms. The Kier molecular flexibility index (Phi) is 2.98. The predicted octanol–water partition coefficient (Wildman–Crippen LogP) is 1.96. The van der Waals surface area contributed by atoms with Crippen molar-refractivity contribution >= 4 is 0 Å². The topological polar surface area (TPSA) is 56.7 Å². The van der Waals surface area contributed by atoms with Crippen LogP contribution in [0.3, 0.4) is 0 Å². The van der Waals surface area contributed by atoms with Gasteiger partial charge in [0.1, 0.15) is 0 Å². The van der Waals surface area contributed by atoms with Gasteiger partial charge < -0.3 is 5.73 Å². The third-order valence-electron chi connectivity index (χ3n) is 3.20. The molecular weight excluding hydrogens is 212 g/mol. The Bertz CT molecular complexity index is 555. The van der Waals surface area contributed by atoms with Crippen molar-refractivity contribution in [3.63, 3.8) is 0 Å². The van der Waals surface area contributed by atoms with Crippen LogP contribution in [0.15, 0.2) is 12.3 Å². The third kappa shape index (κ3) is 1.96. The minimum absolute atomic E-state index is 0.518. The van der Waals surface area contributed by atoms with E-state index in [1.165, 1.54) is 5.56 Å². The predicted molar refractivity (Wildman–Crippen MR) is 68.2 cm³/mol. The number of nitrogens with two attached hydrogens (primary N) is 1. The van der Waals surface area contributed by atoms with Gasteiger partial charge in [-0.2, -0.15) is 5.10 Å². The Morgan fingerprint density at radius 1 is 1.24 bits per heavy atom. The normalized spacial score (nSPS) is 10.9. The molecule has 2 aromatic rings. The van der Waals surface area contributed by atoms with Gasteiger partial charge in [-0.3, -0.25) is 0 Å². The molecule has 2 aromatic heterocycles. The van der Waals surface area contributed by atoms with Crippen LogP contribution in [0.1, 0.15) is 28.1 Å². The van der Waals surface area contributed by atoms with Crippen molar-refractivity contribution in [3.8, 4) is 5.82 Å². The molecular formula is C13H18N4. The molecule has 4 nitrogen and oxygen atoms in total. The van der Waals surface area contributed by atoms with Gasteiger partial charge in [-0.05, 0) is 50.5 Å². The number of nitrogens with zero attached hydrogens (tertiary/aromatic N) is 3. The quantitative estimate of drug-likeness (QED) is 0.858. The molecule has 0 atom stereocenters. The summed E-state index contributed by atoms with van der Waals surface area (Å²) in [6.45, 7) is 8.71. The summed E-state index contributed by atoms with van der Waals surface area (Å²) in [6, 6.07) is 2.06. The second-order valence-electron chi connectivity index (χ2n) is 4.40. The number of rotatable bonds is 2. The molecule has 0 aliphatic rings. The van der Waals surface area contributed by atoms with Crippen LogP contribution in [0.25, 0.3) is 5.82 Å². The smallest absolute Gasteiger partial charge is 0.156 e. The van der Waals surface area contributed by atoms with Crippen LogP contribution in [0.5, 0.6) is 0 Å². The van der Waals surface area contributed by atoms with E-state index in [9.17, 15) is 0 Å². The van der Waals surface area contributed by atoms with E-state index in [2.05, 4.69) is 30.0 Å². The molecule has 2 rings (SSSR count). The van der Waals surface area contributed by atoms with E-state index < -0.39 is 0 Å². The summed E-state index contributed by atoms with van der Waals surface area (Å²) in [5.74, 6) is 0.885. The molecule has 2 N–H and O–H groups in total. The Morgan fingerprint density at radius 3 is 2.41 bits per heavy atom. The first-order valence-electron chi connectivity index (χ1n) is 5.73. The molecule has 0 amide bonds. The Balaban J connectivity index is 2.57. The summed E-state index contributed by atoms with van der Waals surface area (Å²) in [4.78, 5) is 4.46. The Morgan fingerprint density at radius 2 is 1.94 bits per heavy atom. The van der Waals surface area contributed by atoms with Gasteiger partial charge >= 0.3 is 0 Å². The van der Waals surface area contributed by atoms with Crippen LogP contribution in [0.4, 0.5) is 0 Å². The molecule has 0 aliphatic carbocycles. The van der Waals surface area contributed by atoms with Crippen molar-refractivity contribution in [1.29, 1.82) is 0 Å². The molecule has 0 saturated carbocycles. The van der Waals surface area contributed by atoms with Crippen LogP contribution in [-0.4, -0.2) is 14.8 Å². The first-order chi connectivity index (χ1) is 8.04. The molecule has 0 aliphatic heterocycles. The molecule has 2 heterocycles. The van der Waals surface area contributed by atoms with Crippen molar-refractivity contribution in [2.75, 3.05) is 0 Å². The number of hydrogen-bond acceptors (Lipinski definition) is 3. The fraction of sp³-hybridized carbons (Fsp3) is 0.385. The van der Waals surface area contributed by atoms with Crippen molar-refractivity contribution in [2.45, 2.75) is 34.2 Å². The van der Waals surface area contributed by atoms with Crippen LogP contribution < -0.4 is 5.73 Å². The first-order valence-corrected chi connectivity index (χ1v) is 5.73. The van der Waals surface area contributed by atoms with Gasteiger partial charge in [0.05, 0.1) is 5.69 Å². The highest BCUT2D eigenvalue weighted by Gasteiger charge is 2.11. The lowest BCUT2D eigenvalue weighted by molar-refractivity contribution is 0.795. The van der Waals surface area contributed by atoms with E-state index >= 15 is 0 Å². The molecule has 0 fully saturated rings. The zero-order valence-corrected chi connectivity index (χ0v) is 10.8. The van der Waals surface area contributed by atoms with E-state index in [0.717, 1.165) is 28.3 Å². The van der Waals surface area contributed by atoms with E-state index in [-0.39, 0.29) is 0 Å². The fourth-order valence-electron chi connectivity index (χ4n) is 1.89.